The summed E-state index contributed by atoms with van der Waals surface area (Å²) in [7, 11) is 1.47. The maximum atomic E-state index is 12.1. The van der Waals surface area contributed by atoms with Crippen molar-refractivity contribution in [2.24, 2.45) is 5.73 Å². The van der Waals surface area contributed by atoms with Crippen LogP contribution in [-0.4, -0.2) is 29.6 Å². The van der Waals surface area contributed by atoms with Gasteiger partial charge in [0, 0.05) is 12.0 Å². The number of benzene rings is 1. The Morgan fingerprint density at radius 1 is 1.38 bits per heavy atom. The fourth-order valence-electron chi connectivity index (χ4n) is 2.71. The molecule has 1 aliphatic rings. The predicted octanol–water partition coefficient (Wildman–Crippen LogP) is 1.99. The number of amides is 1. The number of carboxylic acids is 1. The van der Waals surface area contributed by atoms with Gasteiger partial charge in [0.1, 0.15) is 5.75 Å². The van der Waals surface area contributed by atoms with E-state index in [1.807, 2.05) is 0 Å². The molecule has 1 saturated carbocycles. The van der Waals surface area contributed by atoms with Gasteiger partial charge in [-0.1, -0.05) is 12.8 Å². The summed E-state index contributed by atoms with van der Waals surface area (Å²) in [4.78, 5) is 23.1. The minimum atomic E-state index is -1.06. The van der Waals surface area contributed by atoms with Gasteiger partial charge in [-0.05, 0) is 31.0 Å². The molecule has 1 fully saturated rings. The summed E-state index contributed by atoms with van der Waals surface area (Å²) in [6.07, 6.45) is 4.00. The molecule has 0 heterocycles. The quantitative estimate of drug-likeness (QED) is 0.770. The van der Waals surface area contributed by atoms with E-state index in [2.05, 4.69) is 5.32 Å². The van der Waals surface area contributed by atoms with Crippen LogP contribution in [0.1, 0.15) is 42.5 Å². The van der Waals surface area contributed by atoms with Gasteiger partial charge in [0.15, 0.2) is 0 Å². The van der Waals surface area contributed by atoms with Gasteiger partial charge in [0.25, 0.3) is 0 Å². The summed E-state index contributed by atoms with van der Waals surface area (Å²) in [5.74, 6) is -0.856. The van der Waals surface area contributed by atoms with E-state index >= 15 is 0 Å². The highest BCUT2D eigenvalue weighted by Gasteiger charge is 2.31. The van der Waals surface area contributed by atoms with Crippen LogP contribution in [-0.2, 0) is 4.79 Å². The number of rotatable bonds is 5. The Labute approximate surface area is 123 Å². The zero-order valence-corrected chi connectivity index (χ0v) is 12.0. The molecule has 6 nitrogen and oxygen atoms in total. The summed E-state index contributed by atoms with van der Waals surface area (Å²) < 4.78 is 5.14. The number of hydrogen-bond acceptors (Lipinski definition) is 4. The van der Waals surface area contributed by atoms with E-state index in [4.69, 9.17) is 15.6 Å². The minimum Gasteiger partial charge on any atom is -0.495 e. The van der Waals surface area contributed by atoms with Crippen LogP contribution in [0, 0.1) is 0 Å². The SMILES string of the molecule is COc1ccc(C(=O)O)cc1NC(=O)CC1(N)CCCC1. The van der Waals surface area contributed by atoms with Crippen LogP contribution >= 0.6 is 0 Å². The van der Waals surface area contributed by atoms with Crippen LogP contribution < -0.4 is 15.8 Å². The second kappa shape index (κ2) is 6.13. The molecule has 0 unspecified atom stereocenters. The van der Waals surface area contributed by atoms with Gasteiger partial charge >= 0.3 is 5.97 Å². The number of anilines is 1. The molecule has 1 aromatic carbocycles. The summed E-state index contributed by atoms with van der Waals surface area (Å²) in [6, 6.07) is 4.34. The topological polar surface area (TPSA) is 102 Å². The molecule has 0 aromatic heterocycles. The number of ether oxygens (including phenoxy) is 1. The number of carbonyl (C=O) groups is 2. The number of carbonyl (C=O) groups excluding carboxylic acids is 1. The molecule has 114 valence electrons. The maximum absolute atomic E-state index is 12.1. The summed E-state index contributed by atoms with van der Waals surface area (Å²) in [5.41, 5.74) is 6.18. The van der Waals surface area contributed by atoms with Crippen molar-refractivity contribution in [1.82, 2.24) is 0 Å². The van der Waals surface area contributed by atoms with Crippen molar-refractivity contribution in [3.05, 3.63) is 23.8 Å². The molecule has 21 heavy (non-hydrogen) atoms. The average molecular weight is 292 g/mol. The van der Waals surface area contributed by atoms with Gasteiger partial charge in [-0.15, -0.1) is 0 Å². The number of methoxy groups -OCH3 is 1. The van der Waals surface area contributed by atoms with E-state index in [1.165, 1.54) is 25.3 Å². The Kier molecular flexibility index (Phi) is 4.47. The van der Waals surface area contributed by atoms with E-state index in [1.54, 1.807) is 0 Å². The molecule has 1 aromatic rings. The lowest BCUT2D eigenvalue weighted by Gasteiger charge is -2.22. The molecule has 0 radical (unpaired) electrons. The van der Waals surface area contributed by atoms with Crippen molar-refractivity contribution in [1.29, 1.82) is 0 Å². The highest BCUT2D eigenvalue weighted by Crippen LogP contribution is 2.31. The smallest absolute Gasteiger partial charge is 0.335 e. The van der Waals surface area contributed by atoms with Crippen LogP contribution in [0.2, 0.25) is 0 Å². The standard InChI is InChI=1S/C15H20N2O4/c1-21-12-5-4-10(14(19)20)8-11(12)17-13(18)9-15(16)6-2-3-7-15/h4-5,8H,2-3,6-7,9,16H2,1H3,(H,17,18)(H,19,20). The van der Waals surface area contributed by atoms with E-state index < -0.39 is 11.5 Å². The average Bonchev–Trinajstić information content (AvgIpc) is 2.84. The van der Waals surface area contributed by atoms with Crippen molar-refractivity contribution in [2.45, 2.75) is 37.6 Å². The van der Waals surface area contributed by atoms with E-state index in [0.29, 0.717) is 11.4 Å². The third-order valence-corrected chi connectivity index (χ3v) is 3.83. The van der Waals surface area contributed by atoms with Crippen molar-refractivity contribution in [3.63, 3.8) is 0 Å². The van der Waals surface area contributed by atoms with Crippen LogP contribution in [0.15, 0.2) is 18.2 Å². The Balaban J connectivity index is 2.12. The summed E-state index contributed by atoms with van der Waals surface area (Å²) in [6.45, 7) is 0. The lowest BCUT2D eigenvalue weighted by molar-refractivity contribution is -0.117. The normalized spacial score (nSPS) is 16.5. The summed E-state index contributed by atoms with van der Waals surface area (Å²) in [5, 5.41) is 11.7. The maximum Gasteiger partial charge on any atom is 0.335 e. The lowest BCUT2D eigenvalue weighted by Crippen LogP contribution is -2.40. The van der Waals surface area contributed by atoms with Crippen molar-refractivity contribution in [2.75, 3.05) is 12.4 Å². The molecule has 2 rings (SSSR count). The molecule has 6 heteroatoms. The number of nitrogens with two attached hydrogens (primary N) is 1. The Morgan fingerprint density at radius 3 is 2.62 bits per heavy atom. The van der Waals surface area contributed by atoms with E-state index in [-0.39, 0.29) is 17.9 Å². The Hall–Kier alpha value is -2.08. The molecule has 0 atom stereocenters. The molecule has 0 bridgehead atoms. The number of carboxylic acid groups (broad SMARTS) is 1. The van der Waals surface area contributed by atoms with Crippen molar-refractivity contribution in [3.8, 4) is 5.75 Å². The fraction of sp³-hybridized carbons (Fsp3) is 0.467. The largest absolute Gasteiger partial charge is 0.495 e. The van der Waals surface area contributed by atoms with Gasteiger partial charge in [-0.3, -0.25) is 4.79 Å². The second-order valence-corrected chi connectivity index (χ2v) is 5.51. The van der Waals surface area contributed by atoms with Gasteiger partial charge in [0.2, 0.25) is 5.91 Å². The molecule has 4 N–H and O–H groups in total. The van der Waals surface area contributed by atoms with Crippen LogP contribution in [0.5, 0.6) is 5.75 Å². The molecule has 0 saturated heterocycles. The first-order chi connectivity index (χ1) is 9.93. The molecule has 0 spiro atoms. The van der Waals surface area contributed by atoms with Gasteiger partial charge < -0.3 is 20.9 Å². The third-order valence-electron chi connectivity index (χ3n) is 3.83. The molecular formula is C15H20N2O4. The number of hydrogen-bond donors (Lipinski definition) is 3. The second-order valence-electron chi connectivity index (χ2n) is 5.51. The summed E-state index contributed by atoms with van der Waals surface area (Å²) >= 11 is 0. The Bertz CT molecular complexity index is 551. The van der Waals surface area contributed by atoms with Crippen molar-refractivity contribution >= 4 is 17.6 Å². The van der Waals surface area contributed by atoms with Gasteiger partial charge in [-0.25, -0.2) is 4.79 Å². The van der Waals surface area contributed by atoms with Gasteiger partial charge in [-0.2, -0.15) is 0 Å². The van der Waals surface area contributed by atoms with Gasteiger partial charge in [0.05, 0.1) is 18.4 Å². The third kappa shape index (κ3) is 3.72. The highest BCUT2D eigenvalue weighted by atomic mass is 16.5. The predicted molar refractivity (Wildman–Crippen MR) is 78.6 cm³/mol. The highest BCUT2D eigenvalue weighted by molar-refractivity contribution is 5.96. The molecule has 1 amide bonds. The minimum absolute atomic E-state index is 0.0921. The first-order valence-corrected chi connectivity index (χ1v) is 6.94. The molecule has 1 aliphatic carbocycles. The lowest BCUT2D eigenvalue weighted by atomic mass is 9.94. The van der Waals surface area contributed by atoms with Crippen molar-refractivity contribution < 1.29 is 19.4 Å². The first kappa shape index (κ1) is 15.3. The fourth-order valence-corrected chi connectivity index (χ4v) is 2.71. The number of nitrogens with one attached hydrogen (secondary N) is 1. The first-order valence-electron chi connectivity index (χ1n) is 6.94. The van der Waals surface area contributed by atoms with Crippen LogP contribution in [0.3, 0.4) is 0 Å². The number of aromatic carboxylic acids is 1. The van der Waals surface area contributed by atoms with Crippen LogP contribution in [0.25, 0.3) is 0 Å². The Morgan fingerprint density at radius 2 is 2.05 bits per heavy atom. The van der Waals surface area contributed by atoms with Crippen LogP contribution in [0.4, 0.5) is 5.69 Å². The monoisotopic (exact) mass is 292 g/mol. The molecular weight excluding hydrogens is 272 g/mol. The molecule has 0 aliphatic heterocycles. The zero-order chi connectivity index (χ0) is 15.5. The van der Waals surface area contributed by atoms with E-state index in [9.17, 15) is 9.59 Å². The zero-order valence-electron chi connectivity index (χ0n) is 12.0. The van der Waals surface area contributed by atoms with E-state index in [0.717, 1.165) is 25.7 Å².